The van der Waals surface area contributed by atoms with E-state index in [1.165, 1.54) is 0 Å². The monoisotopic (exact) mass is 142 g/mol. The molecule has 1 N–H and O–H groups in total. The fourth-order valence-electron chi connectivity index (χ4n) is 0.493. The van der Waals surface area contributed by atoms with Gasteiger partial charge in [-0.1, -0.05) is 19.6 Å². The minimum absolute atomic E-state index is 0.629. The van der Waals surface area contributed by atoms with Gasteiger partial charge in [-0.25, -0.2) is 0 Å². The predicted molar refractivity (Wildman–Crippen MR) is 41.6 cm³/mol. The molecule has 2 nitrogen and oxygen atoms in total. The summed E-state index contributed by atoms with van der Waals surface area (Å²) in [6, 6.07) is 2.10. The van der Waals surface area contributed by atoms with Crippen molar-refractivity contribution in [2.24, 2.45) is 0 Å². The number of hydrogen-bond donors (Lipinski definition) is 1. The van der Waals surface area contributed by atoms with Crippen molar-refractivity contribution in [3.05, 3.63) is 0 Å². The molecule has 0 aliphatic carbocycles. The Hall–Kier alpha value is -0.333. The van der Waals surface area contributed by atoms with Crippen molar-refractivity contribution in [3.63, 3.8) is 0 Å². The molecule has 0 aliphatic rings. The maximum absolute atomic E-state index is 8.19. The van der Waals surface area contributed by atoms with Crippen molar-refractivity contribution in [2.45, 2.75) is 26.1 Å². The molecule has 0 rings (SSSR count). The molecule has 0 saturated heterocycles. The SMILES string of the molecule is C[Si](C)(C)NCCC#N. The van der Waals surface area contributed by atoms with Crippen molar-refractivity contribution in [3.8, 4) is 6.07 Å². The smallest absolute Gasteiger partial charge is 0.116 e. The van der Waals surface area contributed by atoms with E-state index in [2.05, 4.69) is 30.7 Å². The fraction of sp³-hybridized carbons (Fsp3) is 0.833. The zero-order valence-electron chi connectivity index (χ0n) is 6.36. The Morgan fingerprint density at radius 2 is 2.00 bits per heavy atom. The fourth-order valence-corrected chi connectivity index (χ4v) is 1.37. The Morgan fingerprint density at radius 1 is 1.44 bits per heavy atom. The van der Waals surface area contributed by atoms with E-state index in [9.17, 15) is 0 Å². The maximum Gasteiger partial charge on any atom is 0.116 e. The van der Waals surface area contributed by atoms with Crippen molar-refractivity contribution < 1.29 is 0 Å². The van der Waals surface area contributed by atoms with E-state index in [4.69, 9.17) is 5.26 Å². The molecule has 0 aromatic heterocycles. The van der Waals surface area contributed by atoms with Gasteiger partial charge in [-0.05, 0) is 0 Å². The molecule has 52 valence electrons. The molecule has 0 atom stereocenters. The lowest BCUT2D eigenvalue weighted by molar-refractivity contribution is 0.897. The van der Waals surface area contributed by atoms with Crippen molar-refractivity contribution in [1.82, 2.24) is 4.98 Å². The minimum atomic E-state index is -1.10. The first-order valence-corrected chi connectivity index (χ1v) is 6.68. The Bertz CT molecular complexity index is 109. The summed E-state index contributed by atoms with van der Waals surface area (Å²) in [5, 5.41) is 8.19. The Labute approximate surface area is 58.0 Å². The molecule has 9 heavy (non-hydrogen) atoms. The van der Waals surface area contributed by atoms with E-state index < -0.39 is 8.24 Å². The van der Waals surface area contributed by atoms with Gasteiger partial charge in [0.15, 0.2) is 0 Å². The third kappa shape index (κ3) is 7.67. The predicted octanol–water partition coefficient (Wildman–Crippen LogP) is 1.32. The van der Waals surface area contributed by atoms with E-state index >= 15 is 0 Å². The highest BCUT2D eigenvalue weighted by Crippen LogP contribution is 1.92. The van der Waals surface area contributed by atoms with Crippen LogP contribution in [0.2, 0.25) is 19.6 Å². The van der Waals surface area contributed by atoms with E-state index in [1.807, 2.05) is 0 Å². The van der Waals surface area contributed by atoms with Gasteiger partial charge in [0.2, 0.25) is 0 Å². The van der Waals surface area contributed by atoms with Crippen LogP contribution in [0, 0.1) is 11.3 Å². The van der Waals surface area contributed by atoms with Crippen LogP contribution in [-0.4, -0.2) is 14.8 Å². The Kier molecular flexibility index (Phi) is 3.51. The highest BCUT2D eigenvalue weighted by molar-refractivity contribution is 6.73. The van der Waals surface area contributed by atoms with Gasteiger partial charge < -0.3 is 4.98 Å². The van der Waals surface area contributed by atoms with Crippen LogP contribution < -0.4 is 4.98 Å². The average molecular weight is 142 g/mol. The second-order valence-electron chi connectivity index (χ2n) is 3.08. The standard InChI is InChI=1S/C6H14N2Si/c1-9(2,3)8-6-4-5-7/h8H,4,6H2,1-3H3. The minimum Gasteiger partial charge on any atom is -0.336 e. The second kappa shape index (κ2) is 3.65. The lowest BCUT2D eigenvalue weighted by Crippen LogP contribution is -2.41. The highest BCUT2D eigenvalue weighted by Gasteiger charge is 2.09. The lowest BCUT2D eigenvalue weighted by Gasteiger charge is -2.16. The molecule has 0 aromatic rings. The van der Waals surface area contributed by atoms with E-state index in [0.29, 0.717) is 6.42 Å². The molecule has 0 radical (unpaired) electrons. The van der Waals surface area contributed by atoms with Gasteiger partial charge in [0.1, 0.15) is 8.24 Å². The second-order valence-corrected chi connectivity index (χ2v) is 7.94. The summed E-state index contributed by atoms with van der Waals surface area (Å²) in [7, 11) is -1.10. The first kappa shape index (κ1) is 8.67. The number of hydrogen-bond acceptors (Lipinski definition) is 2. The van der Waals surface area contributed by atoms with Gasteiger partial charge in [-0.2, -0.15) is 5.26 Å². The van der Waals surface area contributed by atoms with Gasteiger partial charge >= 0.3 is 0 Å². The van der Waals surface area contributed by atoms with Crippen molar-refractivity contribution in [2.75, 3.05) is 6.54 Å². The molecule has 0 amide bonds. The maximum atomic E-state index is 8.19. The van der Waals surface area contributed by atoms with Crippen LogP contribution in [0.1, 0.15) is 6.42 Å². The molecule has 0 saturated carbocycles. The van der Waals surface area contributed by atoms with Gasteiger partial charge in [0, 0.05) is 13.0 Å². The summed E-state index contributed by atoms with van der Waals surface area (Å²) in [5.41, 5.74) is 0. The number of nitrogens with one attached hydrogen (secondary N) is 1. The Balaban J connectivity index is 3.20. The first-order valence-electron chi connectivity index (χ1n) is 3.18. The summed E-state index contributed by atoms with van der Waals surface area (Å²) in [4.78, 5) is 3.34. The van der Waals surface area contributed by atoms with Crippen LogP contribution >= 0.6 is 0 Å². The summed E-state index contributed by atoms with van der Waals surface area (Å²) in [6.07, 6.45) is 0.629. The average Bonchev–Trinajstić information content (AvgIpc) is 1.63. The molecule has 3 heteroatoms. The molecular formula is C6H14N2Si. The van der Waals surface area contributed by atoms with Crippen LogP contribution in [-0.2, 0) is 0 Å². The number of rotatable bonds is 3. The van der Waals surface area contributed by atoms with Crippen molar-refractivity contribution in [1.29, 1.82) is 5.26 Å². The molecule has 0 heterocycles. The van der Waals surface area contributed by atoms with E-state index in [-0.39, 0.29) is 0 Å². The van der Waals surface area contributed by atoms with Crippen LogP contribution in [0.3, 0.4) is 0 Å². The summed E-state index contributed by atoms with van der Waals surface area (Å²) in [6.45, 7) is 7.53. The largest absolute Gasteiger partial charge is 0.336 e. The van der Waals surface area contributed by atoms with Crippen LogP contribution in [0.4, 0.5) is 0 Å². The summed E-state index contributed by atoms with van der Waals surface area (Å²) >= 11 is 0. The highest BCUT2D eigenvalue weighted by atomic mass is 28.3. The van der Waals surface area contributed by atoms with Gasteiger partial charge in [-0.15, -0.1) is 0 Å². The van der Waals surface area contributed by atoms with Gasteiger partial charge in [0.25, 0.3) is 0 Å². The molecule has 0 bridgehead atoms. The zero-order valence-corrected chi connectivity index (χ0v) is 7.36. The van der Waals surface area contributed by atoms with Crippen LogP contribution in [0.25, 0.3) is 0 Å². The third-order valence-corrected chi connectivity index (χ3v) is 2.20. The normalized spacial score (nSPS) is 10.9. The quantitative estimate of drug-likeness (QED) is 0.476. The molecule has 0 aliphatic heterocycles. The Morgan fingerprint density at radius 3 is 2.33 bits per heavy atom. The van der Waals surface area contributed by atoms with E-state index in [0.717, 1.165) is 6.54 Å². The first-order chi connectivity index (χ1) is 4.06. The number of nitriles is 1. The molecule has 0 unspecified atom stereocenters. The van der Waals surface area contributed by atoms with Gasteiger partial charge in [-0.3, -0.25) is 0 Å². The zero-order chi connectivity index (χ0) is 7.33. The number of nitrogens with zero attached hydrogens (tertiary/aromatic N) is 1. The third-order valence-electron chi connectivity index (χ3n) is 0.892. The molecular weight excluding hydrogens is 128 g/mol. The van der Waals surface area contributed by atoms with E-state index in [1.54, 1.807) is 0 Å². The topological polar surface area (TPSA) is 35.8 Å². The molecule has 0 aromatic carbocycles. The molecule has 0 spiro atoms. The molecule has 0 fully saturated rings. The van der Waals surface area contributed by atoms with Crippen LogP contribution in [0.5, 0.6) is 0 Å². The summed E-state index contributed by atoms with van der Waals surface area (Å²) in [5.74, 6) is 0. The van der Waals surface area contributed by atoms with Crippen molar-refractivity contribution >= 4 is 8.24 Å². The van der Waals surface area contributed by atoms with Gasteiger partial charge in [0.05, 0.1) is 6.07 Å². The lowest BCUT2D eigenvalue weighted by atomic mass is 10.5. The van der Waals surface area contributed by atoms with Crippen LogP contribution in [0.15, 0.2) is 0 Å². The summed E-state index contributed by atoms with van der Waals surface area (Å²) < 4.78 is 0.